The number of nitrogens with zero attached hydrogens (tertiary/aromatic N) is 1. The molecule has 1 heterocycles. The maximum atomic E-state index is 12.1. The number of aldehydes is 1. The Morgan fingerprint density at radius 1 is 1.08 bits per heavy atom. The summed E-state index contributed by atoms with van der Waals surface area (Å²) >= 11 is 3.53. The first-order chi connectivity index (χ1) is 11.7. The van der Waals surface area contributed by atoms with Gasteiger partial charge in [0.25, 0.3) is 0 Å². The molecule has 3 aromatic rings. The van der Waals surface area contributed by atoms with Crippen LogP contribution in [0.3, 0.4) is 0 Å². The number of halogens is 1. The van der Waals surface area contributed by atoms with Crippen LogP contribution in [0, 0.1) is 0 Å². The van der Waals surface area contributed by atoms with E-state index in [1.54, 1.807) is 28.8 Å². The van der Waals surface area contributed by atoms with Gasteiger partial charge in [-0.05, 0) is 39.7 Å². The van der Waals surface area contributed by atoms with Crippen molar-refractivity contribution in [3.8, 4) is 16.9 Å². The molecule has 0 amide bonds. The van der Waals surface area contributed by atoms with Crippen LogP contribution in [0.4, 0.5) is 0 Å². The van der Waals surface area contributed by atoms with Gasteiger partial charge in [-0.3, -0.25) is 4.79 Å². The number of carbonyl (C=O) groups excluding carboxylic acids is 2. The highest BCUT2D eigenvalue weighted by molar-refractivity contribution is 9.10. The van der Waals surface area contributed by atoms with Crippen LogP contribution in [-0.2, 0) is 4.74 Å². The lowest BCUT2D eigenvalue weighted by Crippen LogP contribution is -2.10. The predicted octanol–water partition coefficient (Wildman–Crippen LogP) is 4.51. The van der Waals surface area contributed by atoms with Crippen LogP contribution in [0.5, 0.6) is 0 Å². The zero-order valence-electron chi connectivity index (χ0n) is 12.9. The Balaban J connectivity index is 2.34. The Morgan fingerprint density at radius 3 is 2.42 bits per heavy atom. The summed E-state index contributed by atoms with van der Waals surface area (Å²) in [6, 6.07) is 18.5. The number of ether oxygens (including phenoxy) is 1. The number of methoxy groups -OCH3 is 1. The van der Waals surface area contributed by atoms with Gasteiger partial charge in [-0.25, -0.2) is 4.79 Å². The molecule has 4 nitrogen and oxygen atoms in total. The van der Waals surface area contributed by atoms with Gasteiger partial charge in [-0.2, -0.15) is 0 Å². The van der Waals surface area contributed by atoms with Gasteiger partial charge >= 0.3 is 5.97 Å². The molecular weight excluding hydrogens is 370 g/mol. The third-order valence-electron chi connectivity index (χ3n) is 3.70. The monoisotopic (exact) mass is 383 g/mol. The van der Waals surface area contributed by atoms with Gasteiger partial charge in [0.15, 0.2) is 6.29 Å². The van der Waals surface area contributed by atoms with E-state index in [2.05, 4.69) is 15.9 Å². The minimum Gasteiger partial charge on any atom is -0.465 e. The number of rotatable bonds is 4. The number of aromatic nitrogens is 1. The summed E-state index contributed by atoms with van der Waals surface area (Å²) in [5, 5.41) is 0. The van der Waals surface area contributed by atoms with Crippen LogP contribution < -0.4 is 0 Å². The first-order valence-corrected chi connectivity index (χ1v) is 8.06. The molecule has 0 fully saturated rings. The van der Waals surface area contributed by atoms with Crippen LogP contribution in [-0.4, -0.2) is 23.9 Å². The molecule has 0 saturated carbocycles. The Morgan fingerprint density at radius 2 is 1.75 bits per heavy atom. The first kappa shape index (κ1) is 16.2. The van der Waals surface area contributed by atoms with Gasteiger partial charge in [0.05, 0.1) is 29.7 Å². The van der Waals surface area contributed by atoms with Gasteiger partial charge in [0.1, 0.15) is 0 Å². The summed E-state index contributed by atoms with van der Waals surface area (Å²) in [6.07, 6.45) is 0.769. The fraction of sp³-hybridized carbons (Fsp3) is 0.0526. The van der Waals surface area contributed by atoms with Crippen molar-refractivity contribution in [1.29, 1.82) is 0 Å². The smallest absolute Gasteiger partial charge is 0.339 e. The highest BCUT2D eigenvalue weighted by Gasteiger charge is 2.20. The Bertz CT molecular complexity index is 900. The molecule has 0 unspecified atom stereocenters. The van der Waals surface area contributed by atoms with Gasteiger partial charge in [0.2, 0.25) is 0 Å². The van der Waals surface area contributed by atoms with E-state index in [0.29, 0.717) is 16.9 Å². The summed E-state index contributed by atoms with van der Waals surface area (Å²) in [5.74, 6) is -0.453. The van der Waals surface area contributed by atoms with Crippen LogP contribution in [0.25, 0.3) is 16.9 Å². The number of para-hydroxylation sites is 1. The van der Waals surface area contributed by atoms with Gasteiger partial charge in [-0.15, -0.1) is 0 Å². The molecule has 0 bridgehead atoms. The second-order valence-electron chi connectivity index (χ2n) is 5.09. The van der Waals surface area contributed by atoms with E-state index >= 15 is 0 Å². The van der Waals surface area contributed by atoms with Crippen molar-refractivity contribution in [2.45, 2.75) is 0 Å². The maximum Gasteiger partial charge on any atom is 0.339 e. The molecule has 0 N–H and O–H groups in total. The van der Waals surface area contributed by atoms with Gasteiger partial charge in [0, 0.05) is 4.47 Å². The van der Waals surface area contributed by atoms with Crippen molar-refractivity contribution >= 4 is 28.2 Å². The average Bonchev–Trinajstić information content (AvgIpc) is 2.98. The van der Waals surface area contributed by atoms with Crippen molar-refractivity contribution < 1.29 is 14.3 Å². The highest BCUT2D eigenvalue weighted by atomic mass is 79.9. The lowest BCUT2D eigenvalue weighted by molar-refractivity contribution is 0.0600. The molecule has 3 rings (SSSR count). The number of benzene rings is 2. The number of esters is 1. The minimum atomic E-state index is -0.453. The second-order valence-corrected chi connectivity index (χ2v) is 5.95. The molecule has 120 valence electrons. The quantitative estimate of drug-likeness (QED) is 0.491. The van der Waals surface area contributed by atoms with E-state index in [0.717, 1.165) is 22.0 Å². The molecule has 0 spiro atoms. The molecule has 24 heavy (non-hydrogen) atoms. The zero-order valence-corrected chi connectivity index (χ0v) is 14.5. The molecular formula is C19H14BrNO3. The molecule has 0 aliphatic carbocycles. The molecule has 0 aliphatic heterocycles. The van der Waals surface area contributed by atoms with Crippen LogP contribution in [0.2, 0.25) is 0 Å². The standard InChI is InChI=1S/C19H14BrNO3/c1-24-19(23)15-9-5-6-10-17(15)21-14(12-22)11-16(20)18(21)13-7-3-2-4-8-13/h2-12H,1H3. The molecule has 1 aromatic heterocycles. The van der Waals surface area contributed by atoms with Crippen LogP contribution >= 0.6 is 15.9 Å². The largest absolute Gasteiger partial charge is 0.465 e. The fourth-order valence-corrected chi connectivity index (χ4v) is 3.30. The highest BCUT2D eigenvalue weighted by Crippen LogP contribution is 2.35. The summed E-state index contributed by atoms with van der Waals surface area (Å²) in [7, 11) is 1.34. The van der Waals surface area contributed by atoms with Crippen molar-refractivity contribution in [3.63, 3.8) is 0 Å². The van der Waals surface area contributed by atoms with E-state index in [1.165, 1.54) is 7.11 Å². The molecule has 5 heteroatoms. The third kappa shape index (κ3) is 2.78. The van der Waals surface area contributed by atoms with Crippen LogP contribution in [0.1, 0.15) is 20.8 Å². The SMILES string of the molecule is COC(=O)c1ccccc1-n1c(C=O)cc(Br)c1-c1ccccc1. The molecule has 0 saturated heterocycles. The summed E-state index contributed by atoms with van der Waals surface area (Å²) in [5.41, 5.74) is 3.16. The normalized spacial score (nSPS) is 10.4. The summed E-state index contributed by atoms with van der Waals surface area (Å²) < 4.78 is 7.41. The van der Waals surface area contributed by atoms with Crippen molar-refractivity contribution in [3.05, 3.63) is 76.4 Å². The topological polar surface area (TPSA) is 48.3 Å². The maximum absolute atomic E-state index is 12.1. The van der Waals surface area contributed by atoms with Gasteiger partial charge < -0.3 is 9.30 Å². The van der Waals surface area contributed by atoms with Crippen molar-refractivity contribution in [2.24, 2.45) is 0 Å². The van der Waals surface area contributed by atoms with E-state index in [1.807, 2.05) is 36.4 Å². The minimum absolute atomic E-state index is 0.392. The summed E-state index contributed by atoms with van der Waals surface area (Å²) in [6.45, 7) is 0. The van der Waals surface area contributed by atoms with Gasteiger partial charge in [-0.1, -0.05) is 42.5 Å². The third-order valence-corrected chi connectivity index (χ3v) is 4.31. The van der Waals surface area contributed by atoms with Crippen molar-refractivity contribution in [1.82, 2.24) is 4.57 Å². The molecule has 0 atom stereocenters. The number of hydrogen-bond donors (Lipinski definition) is 0. The molecule has 2 aromatic carbocycles. The average molecular weight is 384 g/mol. The van der Waals surface area contributed by atoms with E-state index in [-0.39, 0.29) is 0 Å². The zero-order chi connectivity index (χ0) is 17.1. The lowest BCUT2D eigenvalue weighted by Gasteiger charge is -2.15. The first-order valence-electron chi connectivity index (χ1n) is 7.27. The molecule has 0 radical (unpaired) electrons. The van der Waals surface area contributed by atoms with E-state index < -0.39 is 5.97 Å². The fourth-order valence-electron chi connectivity index (χ4n) is 2.66. The number of carbonyl (C=O) groups is 2. The Labute approximate surface area is 147 Å². The number of hydrogen-bond acceptors (Lipinski definition) is 3. The lowest BCUT2D eigenvalue weighted by atomic mass is 10.1. The summed E-state index contributed by atoms with van der Waals surface area (Å²) in [4.78, 5) is 23.7. The predicted molar refractivity (Wildman–Crippen MR) is 95.6 cm³/mol. The Kier molecular flexibility index (Phi) is 4.62. The van der Waals surface area contributed by atoms with Crippen LogP contribution in [0.15, 0.2) is 65.1 Å². The van der Waals surface area contributed by atoms with E-state index in [9.17, 15) is 9.59 Å². The Hall–Kier alpha value is -2.66. The second kappa shape index (κ2) is 6.84. The van der Waals surface area contributed by atoms with Crippen molar-refractivity contribution in [2.75, 3.05) is 7.11 Å². The van der Waals surface area contributed by atoms with E-state index in [4.69, 9.17) is 4.74 Å². The molecule has 0 aliphatic rings.